The lowest BCUT2D eigenvalue weighted by Crippen LogP contribution is -2.29. The van der Waals surface area contributed by atoms with E-state index in [9.17, 15) is 4.79 Å². The van der Waals surface area contributed by atoms with Crippen LogP contribution in [0.2, 0.25) is 0 Å². The fourth-order valence-corrected chi connectivity index (χ4v) is 3.09. The highest BCUT2D eigenvalue weighted by Gasteiger charge is 2.30. The molecule has 1 atom stereocenters. The Balaban J connectivity index is 2.24. The van der Waals surface area contributed by atoms with Crippen molar-refractivity contribution >= 4 is 12.0 Å². The van der Waals surface area contributed by atoms with Gasteiger partial charge < -0.3 is 4.90 Å². The minimum atomic E-state index is 0.426. The maximum atomic E-state index is 11.2. The van der Waals surface area contributed by atoms with Gasteiger partial charge in [0.1, 0.15) is 6.29 Å². The summed E-state index contributed by atoms with van der Waals surface area (Å²) in [5.41, 5.74) is 5.28. The summed E-state index contributed by atoms with van der Waals surface area (Å²) in [6, 6.07) is 6.34. The van der Waals surface area contributed by atoms with Gasteiger partial charge in [0.2, 0.25) is 0 Å². The lowest BCUT2D eigenvalue weighted by Gasteiger charge is -2.24. The third-order valence-electron chi connectivity index (χ3n) is 4.00. The molecule has 0 radical (unpaired) electrons. The van der Waals surface area contributed by atoms with Crippen LogP contribution in [0.1, 0.15) is 42.6 Å². The van der Waals surface area contributed by atoms with Crippen LogP contribution >= 0.6 is 0 Å². The number of hydrogen-bond donors (Lipinski definition) is 1. The largest absolute Gasteiger partial charge is 0.368 e. The summed E-state index contributed by atoms with van der Waals surface area (Å²) in [5, 5.41) is 7.05. The van der Waals surface area contributed by atoms with E-state index in [0.29, 0.717) is 17.5 Å². The van der Waals surface area contributed by atoms with Gasteiger partial charge in [0.25, 0.3) is 0 Å². The third-order valence-corrected chi connectivity index (χ3v) is 4.00. The zero-order valence-corrected chi connectivity index (χ0v) is 12.1. The van der Waals surface area contributed by atoms with Gasteiger partial charge in [-0.1, -0.05) is 6.92 Å². The number of anilines is 1. The van der Waals surface area contributed by atoms with Crippen LogP contribution in [-0.4, -0.2) is 29.1 Å². The summed E-state index contributed by atoms with van der Waals surface area (Å²) < 4.78 is 0. The highest BCUT2D eigenvalue weighted by molar-refractivity contribution is 5.86. The number of aromatic nitrogens is 2. The molecule has 0 saturated carbocycles. The molecule has 3 rings (SSSR count). The Kier molecular flexibility index (Phi) is 3.08. The maximum Gasteiger partial charge on any atom is 0.150 e. The topological polar surface area (TPSA) is 49.0 Å². The molecule has 0 fully saturated rings. The first-order valence-corrected chi connectivity index (χ1v) is 7.01. The maximum absolute atomic E-state index is 11.2. The molecule has 0 spiro atoms. The van der Waals surface area contributed by atoms with Crippen molar-refractivity contribution < 1.29 is 4.79 Å². The Morgan fingerprint density at radius 1 is 1.45 bits per heavy atom. The number of benzene rings is 1. The number of nitrogens with one attached hydrogen (secondary N) is 1. The molecule has 104 valence electrons. The van der Waals surface area contributed by atoms with E-state index in [1.54, 1.807) is 6.20 Å². The van der Waals surface area contributed by atoms with E-state index in [2.05, 4.69) is 35.9 Å². The molecular weight excluding hydrogens is 250 g/mol. The van der Waals surface area contributed by atoms with Gasteiger partial charge >= 0.3 is 0 Å². The average molecular weight is 269 g/mol. The van der Waals surface area contributed by atoms with Gasteiger partial charge in [0.15, 0.2) is 0 Å². The summed E-state index contributed by atoms with van der Waals surface area (Å²) in [4.78, 5) is 13.6. The van der Waals surface area contributed by atoms with Crippen LogP contribution in [0.4, 0.5) is 5.69 Å². The molecule has 0 amide bonds. The number of rotatable bonds is 3. The van der Waals surface area contributed by atoms with Crippen molar-refractivity contribution in [3.05, 3.63) is 35.5 Å². The van der Waals surface area contributed by atoms with Gasteiger partial charge in [0, 0.05) is 41.5 Å². The SMILES string of the molecule is CC1CN(C(C)C)c2cc(C=O)cc(-c3ccn[nH]3)c21. The molecule has 2 aromatic rings. The van der Waals surface area contributed by atoms with Crippen LogP contribution in [0.15, 0.2) is 24.4 Å². The van der Waals surface area contributed by atoms with E-state index >= 15 is 0 Å². The van der Waals surface area contributed by atoms with Gasteiger partial charge in [-0.15, -0.1) is 0 Å². The van der Waals surface area contributed by atoms with Crippen LogP contribution in [0, 0.1) is 0 Å². The quantitative estimate of drug-likeness (QED) is 0.870. The first-order valence-electron chi connectivity index (χ1n) is 7.01. The van der Waals surface area contributed by atoms with Crippen molar-refractivity contribution in [2.45, 2.75) is 32.7 Å². The number of aldehydes is 1. The van der Waals surface area contributed by atoms with Gasteiger partial charge in [-0.3, -0.25) is 9.89 Å². The van der Waals surface area contributed by atoms with Crippen LogP contribution in [0.5, 0.6) is 0 Å². The van der Waals surface area contributed by atoms with Gasteiger partial charge in [-0.25, -0.2) is 0 Å². The van der Waals surface area contributed by atoms with Crippen LogP contribution < -0.4 is 4.90 Å². The number of fused-ring (bicyclic) bond motifs is 1. The van der Waals surface area contributed by atoms with Gasteiger partial charge in [-0.05, 0) is 37.6 Å². The zero-order valence-electron chi connectivity index (χ0n) is 12.1. The predicted octanol–water partition coefficient (Wildman–Crippen LogP) is 3.22. The third kappa shape index (κ3) is 1.92. The number of hydrogen-bond acceptors (Lipinski definition) is 3. The van der Waals surface area contributed by atoms with Crippen molar-refractivity contribution in [3.63, 3.8) is 0 Å². The van der Waals surface area contributed by atoms with Crippen LogP contribution in [0.25, 0.3) is 11.3 Å². The molecule has 0 saturated heterocycles. The van der Waals surface area contributed by atoms with E-state index in [4.69, 9.17) is 0 Å². The number of carbonyl (C=O) groups is 1. The number of carbonyl (C=O) groups excluding carboxylic acids is 1. The minimum Gasteiger partial charge on any atom is -0.368 e. The Labute approximate surface area is 118 Å². The second-order valence-corrected chi connectivity index (χ2v) is 5.74. The first-order chi connectivity index (χ1) is 9.61. The van der Waals surface area contributed by atoms with Crippen LogP contribution in [-0.2, 0) is 0 Å². The average Bonchev–Trinajstić information content (AvgIpc) is 3.06. The highest BCUT2D eigenvalue weighted by Crippen LogP contribution is 2.43. The fourth-order valence-electron chi connectivity index (χ4n) is 3.09. The summed E-state index contributed by atoms with van der Waals surface area (Å²) >= 11 is 0. The molecule has 4 nitrogen and oxygen atoms in total. The van der Waals surface area contributed by atoms with E-state index in [0.717, 1.165) is 24.1 Å². The lowest BCUT2D eigenvalue weighted by atomic mass is 9.93. The fraction of sp³-hybridized carbons (Fsp3) is 0.375. The van der Waals surface area contributed by atoms with E-state index < -0.39 is 0 Å². The van der Waals surface area contributed by atoms with Crippen molar-refractivity contribution in [1.29, 1.82) is 0 Å². The van der Waals surface area contributed by atoms with Crippen molar-refractivity contribution in [3.8, 4) is 11.3 Å². The van der Waals surface area contributed by atoms with Crippen molar-refractivity contribution in [1.82, 2.24) is 10.2 Å². The molecule has 1 aliphatic heterocycles. The smallest absolute Gasteiger partial charge is 0.150 e. The second kappa shape index (κ2) is 4.78. The lowest BCUT2D eigenvalue weighted by molar-refractivity contribution is 0.112. The Hall–Kier alpha value is -2.10. The predicted molar refractivity (Wildman–Crippen MR) is 80.3 cm³/mol. The molecule has 0 bridgehead atoms. The Morgan fingerprint density at radius 2 is 2.25 bits per heavy atom. The van der Waals surface area contributed by atoms with Crippen LogP contribution in [0.3, 0.4) is 0 Å². The number of nitrogens with zero attached hydrogens (tertiary/aromatic N) is 2. The molecular formula is C16H19N3O. The summed E-state index contributed by atoms with van der Waals surface area (Å²) in [5.74, 6) is 0.450. The highest BCUT2D eigenvalue weighted by atomic mass is 16.1. The summed E-state index contributed by atoms with van der Waals surface area (Å²) in [6.45, 7) is 7.61. The van der Waals surface area contributed by atoms with Crippen molar-refractivity contribution in [2.24, 2.45) is 0 Å². The van der Waals surface area contributed by atoms with Gasteiger partial charge in [0.05, 0.1) is 5.69 Å². The molecule has 1 aliphatic rings. The molecule has 4 heteroatoms. The molecule has 20 heavy (non-hydrogen) atoms. The number of aromatic amines is 1. The van der Waals surface area contributed by atoms with E-state index in [1.807, 2.05) is 18.2 Å². The van der Waals surface area contributed by atoms with Gasteiger partial charge in [-0.2, -0.15) is 5.10 Å². The normalized spacial score (nSPS) is 17.6. The first kappa shape index (κ1) is 12.9. The summed E-state index contributed by atoms with van der Waals surface area (Å²) in [6.07, 6.45) is 2.66. The van der Waals surface area contributed by atoms with E-state index in [1.165, 1.54) is 11.3 Å². The number of H-pyrrole nitrogens is 1. The zero-order chi connectivity index (χ0) is 14.3. The standard InChI is InChI=1S/C16H19N3O/c1-10(2)19-8-11(3)16-13(14-4-5-17-18-14)6-12(9-20)7-15(16)19/h4-7,9-11H,8H2,1-3H3,(H,17,18). The van der Waals surface area contributed by atoms with Crippen molar-refractivity contribution in [2.75, 3.05) is 11.4 Å². The minimum absolute atomic E-state index is 0.426. The molecule has 1 unspecified atom stereocenters. The van der Waals surface area contributed by atoms with E-state index in [-0.39, 0.29) is 0 Å². The molecule has 0 aliphatic carbocycles. The Bertz CT molecular complexity index is 631. The summed E-state index contributed by atoms with van der Waals surface area (Å²) in [7, 11) is 0. The Morgan fingerprint density at radius 3 is 2.85 bits per heavy atom. The molecule has 2 heterocycles. The molecule has 1 aromatic carbocycles. The monoisotopic (exact) mass is 269 g/mol. The molecule has 1 N–H and O–H groups in total. The molecule has 1 aromatic heterocycles. The second-order valence-electron chi connectivity index (χ2n) is 5.74.